The van der Waals surface area contributed by atoms with Gasteiger partial charge in [0.1, 0.15) is 6.33 Å². The molecule has 0 saturated carbocycles. The molecule has 7 nitrogen and oxygen atoms in total. The molecule has 1 amide bonds. The van der Waals surface area contributed by atoms with Crippen molar-refractivity contribution >= 4 is 15.9 Å². The summed E-state index contributed by atoms with van der Waals surface area (Å²) in [6, 6.07) is -0.367. The van der Waals surface area contributed by atoms with E-state index in [1.807, 2.05) is 20.8 Å². The van der Waals surface area contributed by atoms with E-state index in [1.54, 1.807) is 18.7 Å². The van der Waals surface area contributed by atoms with E-state index in [9.17, 15) is 13.2 Å². The van der Waals surface area contributed by atoms with Gasteiger partial charge < -0.3 is 4.90 Å². The molecule has 20 heavy (non-hydrogen) atoms. The van der Waals surface area contributed by atoms with Crippen molar-refractivity contribution in [1.82, 2.24) is 19.7 Å². The first-order valence-electron chi connectivity index (χ1n) is 6.64. The van der Waals surface area contributed by atoms with Crippen molar-refractivity contribution in [3.63, 3.8) is 0 Å². The highest BCUT2D eigenvalue weighted by Crippen LogP contribution is 2.10. The molecule has 0 saturated heterocycles. The average Bonchev–Trinajstić information content (AvgIpc) is 2.77. The number of amides is 1. The van der Waals surface area contributed by atoms with Gasteiger partial charge in [-0.25, -0.2) is 18.2 Å². The van der Waals surface area contributed by atoms with Gasteiger partial charge in [-0.2, -0.15) is 4.68 Å². The van der Waals surface area contributed by atoms with Gasteiger partial charge in [0.25, 0.3) is 5.16 Å². The van der Waals surface area contributed by atoms with Gasteiger partial charge in [-0.15, -0.1) is 5.10 Å². The number of hydrogen-bond acceptors (Lipinski definition) is 5. The van der Waals surface area contributed by atoms with E-state index in [1.165, 1.54) is 0 Å². The predicted molar refractivity (Wildman–Crippen MR) is 75.2 cm³/mol. The highest BCUT2D eigenvalue weighted by atomic mass is 32.2. The smallest absolute Gasteiger partial charge is 0.321 e. The molecule has 0 fully saturated rings. The summed E-state index contributed by atoms with van der Waals surface area (Å²) < 4.78 is 25.0. The SMILES string of the molecule is CCN(C(=O)n1cnc(S(=O)(=O)CC(C)C)n1)C(C)C. The van der Waals surface area contributed by atoms with Crippen molar-refractivity contribution in [1.29, 1.82) is 0 Å². The third kappa shape index (κ3) is 3.78. The van der Waals surface area contributed by atoms with Crippen molar-refractivity contribution in [2.24, 2.45) is 5.92 Å². The van der Waals surface area contributed by atoms with Crippen LogP contribution in [0.25, 0.3) is 0 Å². The van der Waals surface area contributed by atoms with Gasteiger partial charge in [-0.1, -0.05) is 13.8 Å². The van der Waals surface area contributed by atoms with Crippen molar-refractivity contribution in [3.05, 3.63) is 6.33 Å². The molecule has 0 atom stereocenters. The number of hydrogen-bond donors (Lipinski definition) is 0. The lowest BCUT2D eigenvalue weighted by Gasteiger charge is -2.24. The van der Waals surface area contributed by atoms with Crippen molar-refractivity contribution < 1.29 is 13.2 Å². The Bertz CT molecular complexity index is 563. The molecule has 0 aliphatic heterocycles. The van der Waals surface area contributed by atoms with Gasteiger partial charge in [0.05, 0.1) is 5.75 Å². The molecular weight excluding hydrogens is 280 g/mol. The highest BCUT2D eigenvalue weighted by Gasteiger charge is 2.24. The molecule has 1 heterocycles. The van der Waals surface area contributed by atoms with E-state index in [4.69, 9.17) is 0 Å². The van der Waals surface area contributed by atoms with Crippen LogP contribution in [0.15, 0.2) is 11.5 Å². The van der Waals surface area contributed by atoms with Crippen LogP contribution in [0, 0.1) is 5.92 Å². The number of carbonyl (C=O) groups excluding carboxylic acids is 1. The number of carbonyl (C=O) groups is 1. The second-order valence-electron chi connectivity index (χ2n) is 5.31. The Balaban J connectivity index is 3.01. The fourth-order valence-corrected chi connectivity index (χ4v) is 3.30. The van der Waals surface area contributed by atoms with Crippen LogP contribution in [0.1, 0.15) is 34.6 Å². The van der Waals surface area contributed by atoms with E-state index in [0.29, 0.717) is 6.54 Å². The minimum atomic E-state index is -3.54. The first kappa shape index (κ1) is 16.6. The molecule has 1 rings (SSSR count). The third-order valence-electron chi connectivity index (χ3n) is 2.71. The largest absolute Gasteiger partial charge is 0.346 e. The van der Waals surface area contributed by atoms with Gasteiger partial charge in [-0.3, -0.25) is 0 Å². The quantitative estimate of drug-likeness (QED) is 0.821. The summed E-state index contributed by atoms with van der Waals surface area (Å²) in [7, 11) is -3.54. The van der Waals surface area contributed by atoms with Crippen LogP contribution in [0.4, 0.5) is 4.79 Å². The van der Waals surface area contributed by atoms with Crippen LogP contribution in [0.3, 0.4) is 0 Å². The summed E-state index contributed by atoms with van der Waals surface area (Å²) in [6.45, 7) is 9.74. The van der Waals surface area contributed by atoms with Crippen molar-refractivity contribution in [3.8, 4) is 0 Å². The van der Waals surface area contributed by atoms with Gasteiger partial charge in [0.2, 0.25) is 9.84 Å². The van der Waals surface area contributed by atoms with Crippen LogP contribution in [0.5, 0.6) is 0 Å². The zero-order chi connectivity index (χ0) is 15.5. The summed E-state index contributed by atoms with van der Waals surface area (Å²) in [4.78, 5) is 17.5. The Morgan fingerprint density at radius 2 is 1.95 bits per heavy atom. The van der Waals surface area contributed by atoms with Crippen LogP contribution in [-0.2, 0) is 9.84 Å². The number of sulfone groups is 1. The number of nitrogens with zero attached hydrogens (tertiary/aromatic N) is 4. The highest BCUT2D eigenvalue weighted by molar-refractivity contribution is 7.91. The molecule has 0 radical (unpaired) electrons. The molecule has 0 aromatic carbocycles. The summed E-state index contributed by atoms with van der Waals surface area (Å²) in [6.07, 6.45) is 1.15. The van der Waals surface area contributed by atoms with E-state index in [0.717, 1.165) is 11.0 Å². The maximum Gasteiger partial charge on any atom is 0.346 e. The van der Waals surface area contributed by atoms with Gasteiger partial charge >= 0.3 is 6.03 Å². The molecule has 0 unspecified atom stereocenters. The van der Waals surface area contributed by atoms with E-state index >= 15 is 0 Å². The summed E-state index contributed by atoms with van der Waals surface area (Å²) in [5, 5.41) is 3.52. The average molecular weight is 302 g/mol. The van der Waals surface area contributed by atoms with Crippen molar-refractivity contribution in [2.75, 3.05) is 12.3 Å². The second kappa shape index (κ2) is 6.34. The van der Waals surface area contributed by atoms with Crippen LogP contribution in [0.2, 0.25) is 0 Å². The topological polar surface area (TPSA) is 85.2 Å². The predicted octanol–water partition coefficient (Wildman–Crippen LogP) is 1.41. The molecule has 0 spiro atoms. The molecule has 1 aromatic heterocycles. The standard InChI is InChI=1S/C12H22N4O3S/c1-6-15(10(4)5)12(17)16-8-13-11(14-16)20(18,19)7-9(2)3/h8-10H,6-7H2,1-5H3. The first-order chi connectivity index (χ1) is 9.19. The fraction of sp³-hybridized carbons (Fsp3) is 0.750. The van der Waals surface area contributed by atoms with Gasteiger partial charge in [0.15, 0.2) is 0 Å². The Kier molecular flexibility index (Phi) is 5.27. The Labute approximate surface area is 119 Å². The maximum absolute atomic E-state index is 12.2. The van der Waals surface area contributed by atoms with Crippen molar-refractivity contribution in [2.45, 2.75) is 45.8 Å². The summed E-state index contributed by atoms with van der Waals surface area (Å²) >= 11 is 0. The lowest BCUT2D eigenvalue weighted by molar-refractivity contribution is 0.185. The molecule has 114 valence electrons. The molecule has 8 heteroatoms. The zero-order valence-electron chi connectivity index (χ0n) is 12.6. The molecule has 0 bridgehead atoms. The molecule has 0 aliphatic carbocycles. The number of aromatic nitrogens is 3. The Morgan fingerprint density at radius 3 is 2.40 bits per heavy atom. The molecule has 1 aromatic rings. The Hall–Kier alpha value is -1.44. The molecule has 0 aliphatic rings. The minimum Gasteiger partial charge on any atom is -0.321 e. The summed E-state index contributed by atoms with van der Waals surface area (Å²) in [5.41, 5.74) is 0. The zero-order valence-corrected chi connectivity index (χ0v) is 13.4. The monoisotopic (exact) mass is 302 g/mol. The maximum atomic E-state index is 12.2. The minimum absolute atomic E-state index is 0.00687. The van der Waals surface area contributed by atoms with E-state index in [-0.39, 0.29) is 28.9 Å². The molecule has 0 N–H and O–H groups in total. The van der Waals surface area contributed by atoms with Crippen LogP contribution >= 0.6 is 0 Å². The first-order valence-corrected chi connectivity index (χ1v) is 8.29. The van der Waals surface area contributed by atoms with E-state index < -0.39 is 9.84 Å². The fourth-order valence-electron chi connectivity index (χ4n) is 1.85. The van der Waals surface area contributed by atoms with Gasteiger partial charge in [0, 0.05) is 12.6 Å². The second-order valence-corrected chi connectivity index (χ2v) is 7.24. The molecular formula is C12H22N4O3S. The third-order valence-corrected chi connectivity index (χ3v) is 4.56. The summed E-state index contributed by atoms with van der Waals surface area (Å²) in [5.74, 6) is -0.0576. The normalized spacial score (nSPS) is 12.2. The van der Waals surface area contributed by atoms with Crippen LogP contribution in [-0.4, -0.2) is 52.5 Å². The lowest BCUT2D eigenvalue weighted by atomic mass is 10.3. The lowest BCUT2D eigenvalue weighted by Crippen LogP contribution is -2.39. The van der Waals surface area contributed by atoms with Crippen LogP contribution < -0.4 is 0 Å². The van der Waals surface area contributed by atoms with Gasteiger partial charge in [-0.05, 0) is 26.7 Å². The number of rotatable bonds is 5. The Morgan fingerprint density at radius 1 is 1.35 bits per heavy atom. The van der Waals surface area contributed by atoms with E-state index in [2.05, 4.69) is 10.1 Å².